The number of ether oxygens (including phenoxy) is 3. The number of aliphatic carboxylic acids is 1. The Balaban J connectivity index is 4.31. The molecular formula is C46H87NO7. The molecule has 2 unspecified atom stereocenters. The van der Waals surface area contributed by atoms with Gasteiger partial charge in [0.05, 0.1) is 40.3 Å². The van der Waals surface area contributed by atoms with E-state index in [9.17, 15) is 19.5 Å². The molecular weight excluding hydrogens is 679 g/mol. The Labute approximate surface area is 333 Å². The third-order valence-corrected chi connectivity index (χ3v) is 10.4. The largest absolute Gasteiger partial charge is 0.544 e. The number of carbonyl (C=O) groups is 3. The highest BCUT2D eigenvalue weighted by molar-refractivity contribution is 5.70. The van der Waals surface area contributed by atoms with Crippen molar-refractivity contribution in [1.29, 1.82) is 0 Å². The predicted molar refractivity (Wildman–Crippen MR) is 222 cm³/mol. The lowest BCUT2D eigenvalue weighted by molar-refractivity contribution is -0.889. The monoisotopic (exact) mass is 766 g/mol. The number of esters is 2. The molecule has 8 heteroatoms. The van der Waals surface area contributed by atoms with Crippen molar-refractivity contribution in [2.24, 2.45) is 0 Å². The fourth-order valence-corrected chi connectivity index (χ4v) is 6.83. The van der Waals surface area contributed by atoms with Crippen LogP contribution in [0.25, 0.3) is 0 Å². The lowest BCUT2D eigenvalue weighted by atomic mass is 10.0. The van der Waals surface area contributed by atoms with E-state index in [1.165, 1.54) is 128 Å². The number of carboxylic acids is 1. The van der Waals surface area contributed by atoms with Gasteiger partial charge in [-0.05, 0) is 38.5 Å². The number of hydrogen-bond donors (Lipinski definition) is 0. The topological polar surface area (TPSA) is 102 Å². The van der Waals surface area contributed by atoms with Gasteiger partial charge in [0.25, 0.3) is 0 Å². The van der Waals surface area contributed by atoms with Crippen molar-refractivity contribution in [2.45, 2.75) is 225 Å². The highest BCUT2D eigenvalue weighted by Gasteiger charge is 2.25. The van der Waals surface area contributed by atoms with Gasteiger partial charge in [-0.1, -0.05) is 167 Å². The van der Waals surface area contributed by atoms with E-state index >= 15 is 0 Å². The molecule has 0 fully saturated rings. The number of nitrogens with zero attached hydrogens (tertiary/aromatic N) is 1. The summed E-state index contributed by atoms with van der Waals surface area (Å²) in [5.41, 5.74) is 0. The molecule has 54 heavy (non-hydrogen) atoms. The average Bonchev–Trinajstić information content (AvgIpc) is 3.12. The second-order valence-corrected chi connectivity index (χ2v) is 16.6. The van der Waals surface area contributed by atoms with Gasteiger partial charge in [-0.15, -0.1) is 0 Å². The highest BCUT2D eigenvalue weighted by atomic mass is 16.6. The number of quaternary nitrogens is 1. The number of allylic oxidation sites excluding steroid dienone is 2. The van der Waals surface area contributed by atoms with Crippen molar-refractivity contribution in [3.05, 3.63) is 12.2 Å². The summed E-state index contributed by atoms with van der Waals surface area (Å²) in [5, 5.41) is 11.6. The number of rotatable bonds is 41. The summed E-state index contributed by atoms with van der Waals surface area (Å²) in [6, 6.07) is -0.723. The van der Waals surface area contributed by atoms with Crippen LogP contribution in [0.1, 0.15) is 213 Å². The van der Waals surface area contributed by atoms with Crippen molar-refractivity contribution in [3.63, 3.8) is 0 Å². The quantitative estimate of drug-likeness (QED) is 0.0264. The average molecular weight is 766 g/mol. The van der Waals surface area contributed by atoms with Gasteiger partial charge in [0.2, 0.25) is 0 Å². The van der Waals surface area contributed by atoms with Gasteiger partial charge in [0, 0.05) is 19.3 Å². The first kappa shape index (κ1) is 52.1. The van der Waals surface area contributed by atoms with E-state index in [2.05, 4.69) is 26.0 Å². The second kappa shape index (κ2) is 38.0. The maximum Gasteiger partial charge on any atom is 0.306 e. The summed E-state index contributed by atoms with van der Waals surface area (Å²) >= 11 is 0. The van der Waals surface area contributed by atoms with Crippen molar-refractivity contribution in [1.82, 2.24) is 0 Å². The van der Waals surface area contributed by atoms with Crippen molar-refractivity contribution >= 4 is 17.9 Å². The molecule has 0 bridgehead atoms. The van der Waals surface area contributed by atoms with E-state index in [0.29, 0.717) is 12.8 Å². The van der Waals surface area contributed by atoms with Gasteiger partial charge < -0.3 is 28.6 Å². The van der Waals surface area contributed by atoms with Gasteiger partial charge >= 0.3 is 11.9 Å². The number of hydrogen-bond acceptors (Lipinski definition) is 7. The Morgan fingerprint density at radius 2 is 0.926 bits per heavy atom. The molecule has 0 heterocycles. The Hall–Kier alpha value is -1.93. The maximum absolute atomic E-state index is 12.7. The van der Waals surface area contributed by atoms with Crippen molar-refractivity contribution < 1.29 is 38.2 Å². The van der Waals surface area contributed by atoms with E-state index in [0.717, 1.165) is 51.4 Å². The number of unbranched alkanes of at least 4 members (excludes halogenated alkanes) is 25. The molecule has 0 aromatic carbocycles. The van der Waals surface area contributed by atoms with Crippen LogP contribution >= 0.6 is 0 Å². The molecule has 0 aliphatic carbocycles. The highest BCUT2D eigenvalue weighted by Crippen LogP contribution is 2.15. The van der Waals surface area contributed by atoms with Crippen LogP contribution in [0.4, 0.5) is 0 Å². The van der Waals surface area contributed by atoms with Crippen LogP contribution in [0.3, 0.4) is 0 Å². The van der Waals surface area contributed by atoms with Crippen LogP contribution in [0.15, 0.2) is 12.2 Å². The number of carboxylic acid groups (broad SMARTS) is 1. The third-order valence-electron chi connectivity index (χ3n) is 10.4. The molecule has 0 radical (unpaired) electrons. The van der Waals surface area contributed by atoms with Gasteiger partial charge in [0.1, 0.15) is 12.6 Å². The normalized spacial score (nSPS) is 13.0. The smallest absolute Gasteiger partial charge is 0.306 e. The van der Waals surface area contributed by atoms with E-state index in [4.69, 9.17) is 14.2 Å². The standard InChI is InChI=1S/C46H87NO7/c1-6-8-10-12-14-16-18-20-21-22-23-25-27-29-31-33-35-37-45(49)54-42(40-52-39-38-43(46(50)51)47(3,4)5)41-53-44(48)36-34-32-30-28-26-24-19-17-15-13-11-9-7-2/h24,26,42-43H,6-23,25,27-41H2,1-5H3/b26-24+. The van der Waals surface area contributed by atoms with Gasteiger partial charge in [-0.2, -0.15) is 0 Å². The molecule has 0 rings (SSSR count). The molecule has 0 N–H and O–H groups in total. The fraction of sp³-hybridized carbons (Fsp3) is 0.891. The molecule has 8 nitrogen and oxygen atoms in total. The first-order valence-corrected chi connectivity index (χ1v) is 22.7. The van der Waals surface area contributed by atoms with Crippen LogP contribution < -0.4 is 5.11 Å². The molecule has 2 atom stereocenters. The van der Waals surface area contributed by atoms with Gasteiger partial charge in [-0.3, -0.25) is 9.59 Å². The lowest BCUT2D eigenvalue weighted by Crippen LogP contribution is -2.55. The van der Waals surface area contributed by atoms with Crippen LogP contribution in [-0.4, -0.2) is 75.5 Å². The SMILES string of the molecule is CCCCCCCC/C=C/CCCCCC(=O)OCC(COCCC(C(=O)[O-])[N+](C)(C)C)OC(=O)CCCCCCCCCCCCCCCCCCC. The van der Waals surface area contributed by atoms with E-state index in [-0.39, 0.29) is 42.7 Å². The number of likely N-dealkylation sites (N-methyl/N-ethyl adjacent to an activating group) is 1. The van der Waals surface area contributed by atoms with Crippen LogP contribution in [-0.2, 0) is 28.6 Å². The van der Waals surface area contributed by atoms with Crippen molar-refractivity contribution in [3.8, 4) is 0 Å². The van der Waals surface area contributed by atoms with Gasteiger partial charge in [-0.25, -0.2) is 0 Å². The molecule has 0 spiro atoms. The second-order valence-electron chi connectivity index (χ2n) is 16.6. The minimum absolute atomic E-state index is 0.0417. The van der Waals surface area contributed by atoms with E-state index < -0.39 is 18.1 Å². The zero-order valence-electron chi connectivity index (χ0n) is 36.2. The Kier molecular flexibility index (Phi) is 36.6. The Bertz CT molecular complexity index is 900. The molecule has 0 aliphatic heterocycles. The van der Waals surface area contributed by atoms with E-state index in [1.54, 1.807) is 21.1 Å². The summed E-state index contributed by atoms with van der Waals surface area (Å²) in [4.78, 5) is 36.8. The fourth-order valence-electron chi connectivity index (χ4n) is 6.83. The maximum atomic E-state index is 12.7. The first-order valence-electron chi connectivity index (χ1n) is 22.7. The molecule has 0 saturated carbocycles. The lowest BCUT2D eigenvalue weighted by Gasteiger charge is -2.34. The molecule has 0 aliphatic rings. The van der Waals surface area contributed by atoms with Crippen LogP contribution in [0.5, 0.6) is 0 Å². The molecule has 0 aromatic heterocycles. The predicted octanol–water partition coefficient (Wildman–Crippen LogP) is 11.0. The zero-order valence-corrected chi connectivity index (χ0v) is 36.2. The summed E-state index contributed by atoms with van der Waals surface area (Å²) in [6.45, 7) is 4.66. The minimum Gasteiger partial charge on any atom is -0.544 e. The Morgan fingerprint density at radius 1 is 0.537 bits per heavy atom. The van der Waals surface area contributed by atoms with E-state index in [1.807, 2.05) is 0 Å². The summed E-state index contributed by atoms with van der Waals surface area (Å²) < 4.78 is 17.2. The molecule has 318 valence electrons. The number of carbonyl (C=O) groups excluding carboxylic acids is 3. The van der Waals surface area contributed by atoms with Crippen LogP contribution in [0.2, 0.25) is 0 Å². The molecule has 0 saturated heterocycles. The Morgan fingerprint density at radius 3 is 1.35 bits per heavy atom. The molecule has 0 aromatic rings. The summed E-state index contributed by atoms with van der Waals surface area (Å²) in [5.74, 6) is -1.74. The summed E-state index contributed by atoms with van der Waals surface area (Å²) in [6.07, 6.45) is 39.5. The molecule has 0 amide bonds. The van der Waals surface area contributed by atoms with Gasteiger partial charge in [0.15, 0.2) is 6.10 Å². The van der Waals surface area contributed by atoms with Crippen LogP contribution in [0, 0.1) is 0 Å². The zero-order chi connectivity index (χ0) is 40.0. The van der Waals surface area contributed by atoms with Crippen molar-refractivity contribution in [2.75, 3.05) is 41.0 Å². The first-order chi connectivity index (χ1) is 26.1. The minimum atomic E-state index is -1.12. The third kappa shape index (κ3) is 35.8. The summed E-state index contributed by atoms with van der Waals surface area (Å²) in [7, 11) is 5.41.